The van der Waals surface area contributed by atoms with Crippen molar-refractivity contribution < 1.29 is 9.53 Å². The fourth-order valence-electron chi connectivity index (χ4n) is 3.13. The van der Waals surface area contributed by atoms with Gasteiger partial charge in [0.25, 0.3) is 5.91 Å². The van der Waals surface area contributed by atoms with Gasteiger partial charge in [0.2, 0.25) is 0 Å². The number of thiazole rings is 1. The SMILES string of the molecule is COc1ccc(Cl)cc1C(=O)N(CCCn1ccnc1)c1nc2c(Cl)cccc2s1.Cl. The van der Waals surface area contributed by atoms with E-state index in [0.29, 0.717) is 45.0 Å². The summed E-state index contributed by atoms with van der Waals surface area (Å²) in [4.78, 5) is 23.9. The number of aromatic nitrogens is 3. The summed E-state index contributed by atoms with van der Waals surface area (Å²) in [6.45, 7) is 1.19. The van der Waals surface area contributed by atoms with E-state index in [2.05, 4.69) is 9.97 Å². The van der Waals surface area contributed by atoms with Crippen LogP contribution in [0.3, 0.4) is 0 Å². The lowest BCUT2D eigenvalue weighted by Gasteiger charge is -2.21. The van der Waals surface area contributed by atoms with Crippen LogP contribution in [0.25, 0.3) is 10.2 Å². The Morgan fingerprint density at radius 1 is 1.26 bits per heavy atom. The second kappa shape index (κ2) is 10.3. The van der Waals surface area contributed by atoms with Gasteiger partial charge in [0, 0.05) is 30.5 Å². The van der Waals surface area contributed by atoms with E-state index in [1.54, 1.807) is 41.7 Å². The van der Waals surface area contributed by atoms with Crippen LogP contribution in [-0.2, 0) is 6.54 Å². The van der Waals surface area contributed by atoms with Crippen LogP contribution in [0.1, 0.15) is 16.8 Å². The van der Waals surface area contributed by atoms with Gasteiger partial charge in [-0.25, -0.2) is 9.97 Å². The lowest BCUT2D eigenvalue weighted by Crippen LogP contribution is -2.32. The van der Waals surface area contributed by atoms with Gasteiger partial charge < -0.3 is 9.30 Å². The average molecular weight is 498 g/mol. The number of benzene rings is 2. The maximum Gasteiger partial charge on any atom is 0.263 e. The van der Waals surface area contributed by atoms with Gasteiger partial charge in [-0.15, -0.1) is 12.4 Å². The third-order valence-electron chi connectivity index (χ3n) is 4.58. The second-order valence-corrected chi connectivity index (χ2v) is 8.39. The number of carbonyl (C=O) groups excluding carboxylic acids is 1. The lowest BCUT2D eigenvalue weighted by molar-refractivity contribution is 0.0983. The first-order chi connectivity index (χ1) is 14.6. The Labute approximate surface area is 199 Å². The molecule has 31 heavy (non-hydrogen) atoms. The number of methoxy groups -OCH3 is 1. The molecule has 10 heteroatoms. The molecule has 0 aliphatic rings. The van der Waals surface area contributed by atoms with Crippen molar-refractivity contribution in [2.24, 2.45) is 0 Å². The molecule has 1 amide bonds. The highest BCUT2D eigenvalue weighted by Gasteiger charge is 2.24. The van der Waals surface area contributed by atoms with Crippen LogP contribution in [0.2, 0.25) is 10.0 Å². The van der Waals surface area contributed by atoms with E-state index in [0.717, 1.165) is 11.2 Å². The van der Waals surface area contributed by atoms with Gasteiger partial charge in [0.05, 0.1) is 28.7 Å². The topological polar surface area (TPSA) is 60.2 Å². The molecule has 0 radical (unpaired) electrons. The third-order valence-corrected chi connectivity index (χ3v) is 6.17. The summed E-state index contributed by atoms with van der Waals surface area (Å²) in [7, 11) is 1.53. The molecule has 6 nitrogen and oxygen atoms in total. The minimum Gasteiger partial charge on any atom is -0.496 e. The maximum atomic E-state index is 13.5. The maximum absolute atomic E-state index is 13.5. The number of ether oxygens (including phenoxy) is 1. The van der Waals surface area contributed by atoms with Crippen molar-refractivity contribution in [3.05, 3.63) is 70.7 Å². The van der Waals surface area contributed by atoms with Crippen molar-refractivity contribution in [3.63, 3.8) is 0 Å². The molecular weight excluding hydrogens is 479 g/mol. The zero-order valence-corrected chi connectivity index (χ0v) is 19.6. The predicted octanol–water partition coefficient (Wildman–Crippen LogP) is 5.97. The van der Waals surface area contributed by atoms with E-state index in [1.165, 1.54) is 18.4 Å². The van der Waals surface area contributed by atoms with Gasteiger partial charge in [0.15, 0.2) is 5.13 Å². The number of carbonyl (C=O) groups is 1. The molecular formula is C21H19Cl3N4O2S. The molecule has 0 fully saturated rings. The Morgan fingerprint density at radius 2 is 2.10 bits per heavy atom. The van der Waals surface area contributed by atoms with E-state index >= 15 is 0 Å². The molecule has 2 aromatic heterocycles. The Morgan fingerprint density at radius 3 is 2.81 bits per heavy atom. The molecule has 0 spiro atoms. The number of rotatable bonds is 7. The van der Waals surface area contributed by atoms with Gasteiger partial charge in [-0.1, -0.05) is 40.6 Å². The van der Waals surface area contributed by atoms with Crippen LogP contribution >= 0.6 is 46.9 Å². The second-order valence-electron chi connectivity index (χ2n) is 6.54. The Kier molecular flexibility index (Phi) is 7.78. The molecule has 0 N–H and O–H groups in total. The highest BCUT2D eigenvalue weighted by molar-refractivity contribution is 7.22. The molecule has 0 aliphatic heterocycles. The highest BCUT2D eigenvalue weighted by atomic mass is 35.5. The summed E-state index contributed by atoms with van der Waals surface area (Å²) in [6, 6.07) is 10.6. The zero-order valence-electron chi connectivity index (χ0n) is 16.5. The number of halogens is 3. The third kappa shape index (κ3) is 5.13. The minimum absolute atomic E-state index is 0. The number of amides is 1. The summed E-state index contributed by atoms with van der Waals surface area (Å²) in [5.74, 6) is 0.235. The van der Waals surface area contributed by atoms with Gasteiger partial charge in [-0.2, -0.15) is 0 Å². The van der Waals surface area contributed by atoms with Crippen LogP contribution in [0.5, 0.6) is 5.75 Å². The van der Waals surface area contributed by atoms with Gasteiger partial charge in [-0.3, -0.25) is 9.69 Å². The van der Waals surface area contributed by atoms with E-state index in [-0.39, 0.29) is 18.3 Å². The molecule has 0 saturated carbocycles. The van der Waals surface area contributed by atoms with Crippen molar-refractivity contribution in [1.82, 2.24) is 14.5 Å². The van der Waals surface area contributed by atoms with Crippen LogP contribution in [0.15, 0.2) is 55.1 Å². The van der Waals surface area contributed by atoms with Crippen molar-refractivity contribution in [3.8, 4) is 5.75 Å². The zero-order chi connectivity index (χ0) is 21.1. The number of imidazole rings is 1. The molecule has 2 aromatic carbocycles. The molecule has 0 aliphatic carbocycles. The Hall–Kier alpha value is -2.32. The molecule has 4 aromatic rings. The van der Waals surface area contributed by atoms with Crippen LogP contribution in [0, 0.1) is 0 Å². The average Bonchev–Trinajstić information content (AvgIpc) is 3.41. The number of para-hydroxylation sites is 1. The molecule has 4 rings (SSSR count). The van der Waals surface area contributed by atoms with E-state index in [4.69, 9.17) is 27.9 Å². The van der Waals surface area contributed by atoms with Gasteiger partial charge in [0.1, 0.15) is 11.3 Å². The summed E-state index contributed by atoms with van der Waals surface area (Å²) < 4.78 is 8.28. The van der Waals surface area contributed by atoms with Crippen molar-refractivity contribution in [2.45, 2.75) is 13.0 Å². The summed E-state index contributed by atoms with van der Waals surface area (Å²) in [6.07, 6.45) is 6.09. The van der Waals surface area contributed by atoms with Crippen LogP contribution < -0.4 is 9.64 Å². The van der Waals surface area contributed by atoms with E-state index < -0.39 is 0 Å². The van der Waals surface area contributed by atoms with Crippen molar-refractivity contribution in [2.75, 3.05) is 18.6 Å². The smallest absolute Gasteiger partial charge is 0.263 e. The summed E-state index contributed by atoms with van der Waals surface area (Å²) >= 11 is 13.9. The first-order valence-electron chi connectivity index (χ1n) is 9.23. The van der Waals surface area contributed by atoms with E-state index in [1.807, 2.05) is 22.9 Å². The molecule has 0 saturated heterocycles. The van der Waals surface area contributed by atoms with Gasteiger partial charge in [-0.05, 0) is 36.8 Å². The van der Waals surface area contributed by atoms with Crippen LogP contribution in [0.4, 0.5) is 5.13 Å². The highest BCUT2D eigenvalue weighted by Crippen LogP contribution is 2.34. The fourth-order valence-corrected chi connectivity index (χ4v) is 4.59. The lowest BCUT2D eigenvalue weighted by atomic mass is 10.1. The molecule has 162 valence electrons. The molecule has 0 atom stereocenters. The monoisotopic (exact) mass is 496 g/mol. The number of anilines is 1. The molecule has 0 unspecified atom stereocenters. The number of nitrogens with zero attached hydrogens (tertiary/aromatic N) is 4. The minimum atomic E-state index is -0.227. The largest absolute Gasteiger partial charge is 0.496 e. The van der Waals surface area contributed by atoms with Crippen LogP contribution in [-0.4, -0.2) is 34.1 Å². The quantitative estimate of drug-likeness (QED) is 0.316. The fraction of sp³-hybridized carbons (Fsp3) is 0.190. The normalized spacial score (nSPS) is 10.7. The Balaban J connectivity index is 0.00000272. The first kappa shape index (κ1) is 23.3. The Bertz CT molecular complexity index is 1180. The number of hydrogen-bond acceptors (Lipinski definition) is 5. The first-order valence-corrected chi connectivity index (χ1v) is 10.8. The number of fused-ring (bicyclic) bond motifs is 1. The molecule has 0 bridgehead atoms. The van der Waals surface area contributed by atoms with Gasteiger partial charge >= 0.3 is 0 Å². The van der Waals surface area contributed by atoms with Crippen molar-refractivity contribution >= 4 is 68.2 Å². The summed E-state index contributed by atoms with van der Waals surface area (Å²) in [5, 5.41) is 1.60. The van der Waals surface area contributed by atoms with E-state index in [9.17, 15) is 4.79 Å². The standard InChI is InChI=1S/C21H18Cl2N4O2S.ClH/c1-29-17-7-6-14(22)12-15(17)20(28)27(10-3-9-26-11-8-24-13-26)21-25-19-16(23)4-2-5-18(19)30-21;/h2,4-8,11-13H,3,9-10H2,1H3;1H. The number of aryl methyl sites for hydroxylation is 1. The summed E-state index contributed by atoms with van der Waals surface area (Å²) in [5.41, 5.74) is 1.07. The predicted molar refractivity (Wildman–Crippen MR) is 128 cm³/mol. The molecule has 2 heterocycles. The van der Waals surface area contributed by atoms with Crippen molar-refractivity contribution in [1.29, 1.82) is 0 Å². The number of hydrogen-bond donors (Lipinski definition) is 0.